The molecule has 0 N–H and O–H groups in total. The van der Waals surface area contributed by atoms with Crippen LogP contribution >= 0.6 is 0 Å². The van der Waals surface area contributed by atoms with Gasteiger partial charge in [0.25, 0.3) is 0 Å². The highest BCUT2D eigenvalue weighted by atomic mass is 16.5. The second kappa shape index (κ2) is 6.44. The minimum Gasteiger partial charge on any atom is -0.379 e. The fourth-order valence-electron chi connectivity index (χ4n) is 3.57. The third kappa shape index (κ3) is 3.53. The van der Waals surface area contributed by atoms with Crippen LogP contribution in [-0.2, 0) is 9.53 Å². The first-order valence-corrected chi connectivity index (χ1v) is 8.33. The van der Waals surface area contributed by atoms with E-state index in [1.54, 1.807) is 0 Å². The summed E-state index contributed by atoms with van der Waals surface area (Å²) < 4.78 is 5.40. The van der Waals surface area contributed by atoms with Gasteiger partial charge in [0.1, 0.15) is 0 Å². The lowest BCUT2D eigenvalue weighted by atomic mass is 9.94. The van der Waals surface area contributed by atoms with Crippen LogP contribution in [0, 0.1) is 17.8 Å². The summed E-state index contributed by atoms with van der Waals surface area (Å²) in [6, 6.07) is 0. The van der Waals surface area contributed by atoms with E-state index in [1.807, 2.05) is 0 Å². The standard InChI is InChI=1S/C16H28N2O2/c1-13(15-2-3-15)16(19)18-6-4-14(5-7-18)12-17-8-10-20-11-9-17/h13-15H,2-12H2,1H3. The zero-order valence-corrected chi connectivity index (χ0v) is 12.7. The van der Waals surface area contributed by atoms with E-state index in [0.29, 0.717) is 11.8 Å². The van der Waals surface area contributed by atoms with Crippen molar-refractivity contribution < 1.29 is 9.53 Å². The largest absolute Gasteiger partial charge is 0.379 e. The summed E-state index contributed by atoms with van der Waals surface area (Å²) in [5.74, 6) is 2.14. The van der Waals surface area contributed by atoms with E-state index in [-0.39, 0.29) is 5.92 Å². The van der Waals surface area contributed by atoms with Crippen LogP contribution in [-0.4, -0.2) is 61.6 Å². The lowest BCUT2D eigenvalue weighted by Gasteiger charge is -2.37. The van der Waals surface area contributed by atoms with Crippen molar-refractivity contribution in [1.82, 2.24) is 9.80 Å². The van der Waals surface area contributed by atoms with E-state index >= 15 is 0 Å². The van der Waals surface area contributed by atoms with Crippen molar-refractivity contribution in [3.05, 3.63) is 0 Å². The number of carbonyl (C=O) groups is 1. The van der Waals surface area contributed by atoms with Crippen molar-refractivity contribution in [1.29, 1.82) is 0 Å². The Labute approximate surface area is 122 Å². The topological polar surface area (TPSA) is 32.8 Å². The van der Waals surface area contributed by atoms with Gasteiger partial charge in [-0.05, 0) is 37.5 Å². The highest BCUT2D eigenvalue weighted by Gasteiger charge is 2.36. The fraction of sp³-hybridized carbons (Fsp3) is 0.938. The van der Waals surface area contributed by atoms with Crippen LogP contribution in [0.15, 0.2) is 0 Å². The Morgan fingerprint density at radius 3 is 2.35 bits per heavy atom. The van der Waals surface area contributed by atoms with Crippen molar-refractivity contribution >= 4 is 5.91 Å². The Morgan fingerprint density at radius 2 is 1.75 bits per heavy atom. The van der Waals surface area contributed by atoms with Crippen LogP contribution in [0.4, 0.5) is 0 Å². The Hall–Kier alpha value is -0.610. The van der Waals surface area contributed by atoms with Crippen molar-refractivity contribution in [2.45, 2.75) is 32.6 Å². The highest BCUT2D eigenvalue weighted by Crippen LogP contribution is 2.37. The summed E-state index contributed by atoms with van der Waals surface area (Å²) in [5, 5.41) is 0. The molecule has 3 rings (SSSR count). The van der Waals surface area contributed by atoms with Gasteiger partial charge in [0.05, 0.1) is 13.2 Å². The molecular formula is C16H28N2O2. The number of piperidine rings is 1. The number of morpholine rings is 1. The molecule has 2 heterocycles. The van der Waals surface area contributed by atoms with E-state index in [1.165, 1.54) is 32.2 Å². The molecule has 114 valence electrons. The Morgan fingerprint density at radius 1 is 1.10 bits per heavy atom. The van der Waals surface area contributed by atoms with Crippen LogP contribution in [0.1, 0.15) is 32.6 Å². The Bertz CT molecular complexity index is 329. The first kappa shape index (κ1) is 14.3. The van der Waals surface area contributed by atoms with Crippen molar-refractivity contribution in [2.24, 2.45) is 17.8 Å². The Balaban J connectivity index is 1.40. The molecule has 0 aromatic rings. The molecule has 1 unspecified atom stereocenters. The smallest absolute Gasteiger partial charge is 0.225 e. The number of rotatable bonds is 4. The molecule has 0 spiro atoms. The first-order valence-electron chi connectivity index (χ1n) is 8.33. The van der Waals surface area contributed by atoms with E-state index in [9.17, 15) is 4.79 Å². The lowest BCUT2D eigenvalue weighted by molar-refractivity contribution is -0.137. The van der Waals surface area contributed by atoms with Crippen molar-refractivity contribution in [3.8, 4) is 0 Å². The molecule has 1 atom stereocenters. The van der Waals surface area contributed by atoms with E-state index < -0.39 is 0 Å². The molecule has 3 aliphatic rings. The van der Waals surface area contributed by atoms with Gasteiger partial charge in [0.2, 0.25) is 5.91 Å². The molecule has 3 fully saturated rings. The molecule has 1 aliphatic carbocycles. The summed E-state index contributed by atoms with van der Waals surface area (Å²) in [6.07, 6.45) is 4.89. The van der Waals surface area contributed by atoms with Gasteiger partial charge in [0.15, 0.2) is 0 Å². The third-order valence-electron chi connectivity index (χ3n) is 5.26. The first-order chi connectivity index (χ1) is 9.74. The summed E-state index contributed by atoms with van der Waals surface area (Å²) in [5.41, 5.74) is 0. The molecule has 0 bridgehead atoms. The van der Waals surface area contributed by atoms with Gasteiger partial charge in [0, 0.05) is 38.6 Å². The molecule has 0 radical (unpaired) electrons. The molecule has 2 saturated heterocycles. The predicted molar refractivity (Wildman–Crippen MR) is 78.5 cm³/mol. The monoisotopic (exact) mass is 280 g/mol. The summed E-state index contributed by atoms with van der Waals surface area (Å²) in [4.78, 5) is 17.0. The highest BCUT2D eigenvalue weighted by molar-refractivity contribution is 5.79. The van der Waals surface area contributed by atoms with E-state index in [2.05, 4.69) is 16.7 Å². The number of carbonyl (C=O) groups excluding carboxylic acids is 1. The Kier molecular flexibility index (Phi) is 4.61. The minimum atomic E-state index is 0.269. The number of amides is 1. The van der Waals surface area contributed by atoms with E-state index in [0.717, 1.165) is 45.3 Å². The third-order valence-corrected chi connectivity index (χ3v) is 5.26. The predicted octanol–water partition coefficient (Wildman–Crippen LogP) is 1.60. The average Bonchev–Trinajstić information content (AvgIpc) is 3.32. The zero-order chi connectivity index (χ0) is 13.9. The SMILES string of the molecule is CC(C(=O)N1CCC(CN2CCOCC2)CC1)C1CC1. The van der Waals surface area contributed by atoms with Gasteiger partial charge in [-0.25, -0.2) is 0 Å². The van der Waals surface area contributed by atoms with Crippen LogP contribution in [0.25, 0.3) is 0 Å². The molecule has 4 nitrogen and oxygen atoms in total. The molecule has 2 aliphatic heterocycles. The summed E-state index contributed by atoms with van der Waals surface area (Å²) in [7, 11) is 0. The van der Waals surface area contributed by atoms with Crippen LogP contribution in [0.5, 0.6) is 0 Å². The average molecular weight is 280 g/mol. The molecule has 0 aromatic carbocycles. The molecule has 1 saturated carbocycles. The van der Waals surface area contributed by atoms with Gasteiger partial charge in [-0.3, -0.25) is 9.69 Å². The van der Waals surface area contributed by atoms with Gasteiger partial charge in [-0.1, -0.05) is 6.92 Å². The minimum absolute atomic E-state index is 0.269. The van der Waals surface area contributed by atoms with Crippen molar-refractivity contribution in [2.75, 3.05) is 45.9 Å². The van der Waals surface area contributed by atoms with Gasteiger partial charge in [-0.2, -0.15) is 0 Å². The van der Waals surface area contributed by atoms with Crippen LogP contribution in [0.3, 0.4) is 0 Å². The van der Waals surface area contributed by atoms with E-state index in [4.69, 9.17) is 4.74 Å². The molecule has 20 heavy (non-hydrogen) atoms. The number of hydrogen-bond donors (Lipinski definition) is 0. The summed E-state index contributed by atoms with van der Waals surface area (Å²) >= 11 is 0. The quantitative estimate of drug-likeness (QED) is 0.784. The van der Waals surface area contributed by atoms with Crippen molar-refractivity contribution in [3.63, 3.8) is 0 Å². The van der Waals surface area contributed by atoms with Crippen LogP contribution in [0.2, 0.25) is 0 Å². The summed E-state index contributed by atoms with van der Waals surface area (Å²) in [6.45, 7) is 9.21. The maximum Gasteiger partial charge on any atom is 0.225 e. The second-order valence-corrected chi connectivity index (χ2v) is 6.81. The van der Waals surface area contributed by atoms with Crippen LogP contribution < -0.4 is 0 Å². The number of nitrogens with zero attached hydrogens (tertiary/aromatic N) is 2. The lowest BCUT2D eigenvalue weighted by Crippen LogP contribution is -2.45. The maximum atomic E-state index is 12.4. The molecule has 1 amide bonds. The molecule has 4 heteroatoms. The number of ether oxygens (including phenoxy) is 1. The molecule has 0 aromatic heterocycles. The number of likely N-dealkylation sites (tertiary alicyclic amines) is 1. The fourth-order valence-corrected chi connectivity index (χ4v) is 3.57. The zero-order valence-electron chi connectivity index (χ0n) is 12.7. The maximum absolute atomic E-state index is 12.4. The normalized spacial score (nSPS) is 27.6. The van der Waals surface area contributed by atoms with Gasteiger partial charge in [-0.15, -0.1) is 0 Å². The van der Waals surface area contributed by atoms with Gasteiger partial charge >= 0.3 is 0 Å². The molecular weight excluding hydrogens is 252 g/mol. The number of hydrogen-bond acceptors (Lipinski definition) is 3. The van der Waals surface area contributed by atoms with Gasteiger partial charge < -0.3 is 9.64 Å². The second-order valence-electron chi connectivity index (χ2n) is 6.81.